The Morgan fingerprint density at radius 2 is 2.05 bits per heavy atom. The van der Waals surface area contributed by atoms with Crippen molar-refractivity contribution in [3.63, 3.8) is 0 Å². The monoisotopic (exact) mass is 294 g/mol. The highest BCUT2D eigenvalue weighted by Gasteiger charge is 2.41. The number of likely N-dealkylation sites (N-methyl/N-ethyl adjacent to an activating group) is 1. The summed E-state index contributed by atoms with van der Waals surface area (Å²) in [6, 6.07) is 2.87. The molecule has 1 heterocycles. The number of nitrogens with zero attached hydrogens (tertiary/aromatic N) is 1. The van der Waals surface area contributed by atoms with E-state index in [9.17, 15) is 0 Å². The van der Waals surface area contributed by atoms with Crippen molar-refractivity contribution in [2.24, 2.45) is 0 Å². The van der Waals surface area contributed by atoms with Gasteiger partial charge in [0.25, 0.3) is 0 Å². The highest BCUT2D eigenvalue weighted by Crippen LogP contribution is 2.36. The maximum atomic E-state index is 3.86. The molecule has 0 amide bonds. The number of rotatable bonds is 7. The smallest absolute Gasteiger partial charge is 0.0359 e. The maximum Gasteiger partial charge on any atom is 0.0359 e. The Balaban J connectivity index is 2.17. The lowest BCUT2D eigenvalue weighted by Crippen LogP contribution is -2.60. The van der Waals surface area contributed by atoms with Gasteiger partial charge in [-0.3, -0.25) is 0 Å². The second kappa shape index (κ2) is 7.58. The minimum Gasteiger partial charge on any atom is -0.312 e. The summed E-state index contributed by atoms with van der Waals surface area (Å²) in [4.78, 5) is 2.51. The van der Waals surface area contributed by atoms with Gasteiger partial charge in [-0.15, -0.1) is 0 Å². The lowest BCUT2D eigenvalue weighted by atomic mass is 9.73. The van der Waals surface area contributed by atoms with Crippen LogP contribution in [0.25, 0.3) is 0 Å². The van der Waals surface area contributed by atoms with Gasteiger partial charge >= 0.3 is 0 Å². The molecule has 1 saturated carbocycles. The molecular weight excluding hydrogens is 264 g/mol. The van der Waals surface area contributed by atoms with Crippen LogP contribution in [0.3, 0.4) is 0 Å². The fourth-order valence-electron chi connectivity index (χ4n) is 3.69. The van der Waals surface area contributed by atoms with Crippen LogP contribution in [0.4, 0.5) is 0 Å². The van der Waals surface area contributed by atoms with Gasteiger partial charge in [0.1, 0.15) is 0 Å². The Morgan fingerprint density at radius 1 is 1.30 bits per heavy atom. The zero-order chi connectivity index (χ0) is 14.4. The Bertz CT molecular complexity index is 366. The summed E-state index contributed by atoms with van der Waals surface area (Å²) in [6.45, 7) is 3.39. The van der Waals surface area contributed by atoms with Crippen LogP contribution in [0.1, 0.15) is 51.0 Å². The number of hydrogen-bond donors (Lipinski definition) is 1. The molecule has 0 aromatic carbocycles. The van der Waals surface area contributed by atoms with E-state index in [4.69, 9.17) is 0 Å². The van der Waals surface area contributed by atoms with E-state index in [1.807, 2.05) is 11.3 Å². The molecule has 0 radical (unpaired) electrons. The largest absolute Gasteiger partial charge is 0.312 e. The third-order valence-corrected chi connectivity index (χ3v) is 5.65. The first-order valence-electron chi connectivity index (χ1n) is 8.11. The zero-order valence-corrected chi connectivity index (χ0v) is 14.1. The normalized spacial score (nSPS) is 20.2. The molecule has 3 heteroatoms. The average Bonchev–Trinajstić information content (AvgIpc) is 2.97. The topological polar surface area (TPSA) is 15.3 Å². The van der Waals surface area contributed by atoms with Crippen LogP contribution in [0.2, 0.25) is 0 Å². The number of hydrogen-bond acceptors (Lipinski definition) is 3. The van der Waals surface area contributed by atoms with Crippen molar-refractivity contribution >= 4 is 11.3 Å². The first-order valence-corrected chi connectivity index (χ1v) is 9.05. The summed E-state index contributed by atoms with van der Waals surface area (Å²) in [5, 5.41) is 8.38. The molecule has 0 saturated heterocycles. The molecule has 0 aliphatic heterocycles. The van der Waals surface area contributed by atoms with Crippen LogP contribution in [-0.4, -0.2) is 37.1 Å². The summed E-state index contributed by atoms with van der Waals surface area (Å²) >= 11 is 1.82. The highest BCUT2D eigenvalue weighted by molar-refractivity contribution is 7.07. The standard InChI is InChI=1S/C17H30N2S/c1-4-11-18-16(13-15-8-12-20-14-15)17(19(2)3)9-6-5-7-10-17/h8,12,14,16,18H,4-7,9-11,13H2,1-3H3. The van der Waals surface area contributed by atoms with E-state index in [0.717, 1.165) is 6.54 Å². The Kier molecular flexibility index (Phi) is 6.06. The predicted octanol–water partition coefficient (Wildman–Crippen LogP) is 3.92. The lowest BCUT2D eigenvalue weighted by Gasteiger charge is -2.49. The van der Waals surface area contributed by atoms with Crippen molar-refractivity contribution in [1.82, 2.24) is 10.2 Å². The molecular formula is C17H30N2S. The minimum absolute atomic E-state index is 0.343. The van der Waals surface area contributed by atoms with Gasteiger partial charge in [0.05, 0.1) is 0 Å². The molecule has 2 nitrogen and oxygen atoms in total. The average molecular weight is 295 g/mol. The molecule has 0 spiro atoms. The molecule has 114 valence electrons. The SMILES string of the molecule is CCCNC(Cc1ccsc1)C1(N(C)C)CCCCC1. The Hall–Kier alpha value is -0.380. The van der Waals surface area contributed by atoms with Gasteiger partial charge in [-0.05, 0) is 68.7 Å². The maximum absolute atomic E-state index is 3.86. The first kappa shape index (κ1) is 16.0. The zero-order valence-electron chi connectivity index (χ0n) is 13.3. The number of nitrogens with one attached hydrogen (secondary N) is 1. The van der Waals surface area contributed by atoms with Crippen molar-refractivity contribution in [1.29, 1.82) is 0 Å². The van der Waals surface area contributed by atoms with E-state index in [1.54, 1.807) is 0 Å². The van der Waals surface area contributed by atoms with Crippen LogP contribution in [0, 0.1) is 0 Å². The molecule has 20 heavy (non-hydrogen) atoms. The third-order valence-electron chi connectivity index (χ3n) is 4.92. The summed E-state index contributed by atoms with van der Waals surface area (Å²) in [5.41, 5.74) is 1.84. The van der Waals surface area contributed by atoms with Crippen LogP contribution in [0.5, 0.6) is 0 Å². The van der Waals surface area contributed by atoms with Gasteiger partial charge in [0.15, 0.2) is 0 Å². The summed E-state index contributed by atoms with van der Waals surface area (Å²) < 4.78 is 0. The number of thiophene rings is 1. The third kappa shape index (κ3) is 3.63. The van der Waals surface area contributed by atoms with E-state index in [-0.39, 0.29) is 0 Å². The van der Waals surface area contributed by atoms with Crippen LogP contribution in [-0.2, 0) is 6.42 Å². The van der Waals surface area contributed by atoms with Crippen molar-refractivity contribution in [2.75, 3.05) is 20.6 Å². The van der Waals surface area contributed by atoms with E-state index in [0.29, 0.717) is 11.6 Å². The molecule has 2 rings (SSSR count). The Labute approximate surface area is 128 Å². The van der Waals surface area contributed by atoms with Gasteiger partial charge < -0.3 is 10.2 Å². The molecule has 1 unspecified atom stereocenters. The summed E-state index contributed by atoms with van der Waals surface area (Å²) in [6.07, 6.45) is 9.23. The van der Waals surface area contributed by atoms with E-state index < -0.39 is 0 Å². The Morgan fingerprint density at radius 3 is 2.60 bits per heavy atom. The van der Waals surface area contributed by atoms with Gasteiger partial charge in [0.2, 0.25) is 0 Å². The van der Waals surface area contributed by atoms with E-state index >= 15 is 0 Å². The minimum atomic E-state index is 0.343. The summed E-state index contributed by atoms with van der Waals surface area (Å²) in [7, 11) is 4.55. The fourth-order valence-corrected chi connectivity index (χ4v) is 4.37. The lowest BCUT2D eigenvalue weighted by molar-refractivity contribution is 0.0569. The van der Waals surface area contributed by atoms with Crippen molar-refractivity contribution in [3.05, 3.63) is 22.4 Å². The van der Waals surface area contributed by atoms with Crippen LogP contribution < -0.4 is 5.32 Å². The van der Waals surface area contributed by atoms with Crippen LogP contribution in [0.15, 0.2) is 16.8 Å². The quantitative estimate of drug-likeness (QED) is 0.820. The van der Waals surface area contributed by atoms with E-state index in [1.165, 1.54) is 50.5 Å². The van der Waals surface area contributed by atoms with Gasteiger partial charge in [-0.2, -0.15) is 11.3 Å². The van der Waals surface area contributed by atoms with Crippen molar-refractivity contribution in [2.45, 2.75) is 63.5 Å². The molecule has 1 N–H and O–H groups in total. The predicted molar refractivity (Wildman–Crippen MR) is 89.6 cm³/mol. The molecule has 1 aliphatic carbocycles. The molecule has 1 aliphatic rings. The van der Waals surface area contributed by atoms with Crippen LogP contribution >= 0.6 is 11.3 Å². The molecule has 1 aromatic heterocycles. The molecule has 1 fully saturated rings. The second-order valence-electron chi connectivity index (χ2n) is 6.40. The van der Waals surface area contributed by atoms with E-state index in [2.05, 4.69) is 48.1 Å². The molecule has 0 bridgehead atoms. The molecule has 1 atom stereocenters. The van der Waals surface area contributed by atoms with Crippen molar-refractivity contribution < 1.29 is 0 Å². The second-order valence-corrected chi connectivity index (χ2v) is 7.18. The molecule has 1 aromatic rings. The first-order chi connectivity index (χ1) is 9.69. The van der Waals surface area contributed by atoms with Gasteiger partial charge in [-0.1, -0.05) is 26.2 Å². The summed E-state index contributed by atoms with van der Waals surface area (Å²) in [5.74, 6) is 0. The highest BCUT2D eigenvalue weighted by atomic mass is 32.1. The van der Waals surface area contributed by atoms with Gasteiger partial charge in [-0.25, -0.2) is 0 Å². The van der Waals surface area contributed by atoms with Crippen molar-refractivity contribution in [3.8, 4) is 0 Å². The fraction of sp³-hybridized carbons (Fsp3) is 0.765. The van der Waals surface area contributed by atoms with Gasteiger partial charge in [0, 0.05) is 11.6 Å².